The maximum atomic E-state index is 11.7. The Bertz CT molecular complexity index is 654. The lowest BCUT2D eigenvalue weighted by Crippen LogP contribution is -2.17. The summed E-state index contributed by atoms with van der Waals surface area (Å²) in [6.45, 7) is 0. The zero-order valence-corrected chi connectivity index (χ0v) is 12.3. The molecule has 0 aliphatic rings. The average Bonchev–Trinajstić information content (AvgIpc) is 2.55. The summed E-state index contributed by atoms with van der Waals surface area (Å²) in [5.41, 5.74) is 4.32. The maximum absolute atomic E-state index is 11.7. The van der Waals surface area contributed by atoms with Gasteiger partial charge in [0.1, 0.15) is 0 Å². The topological polar surface area (TPSA) is 70.9 Å². The van der Waals surface area contributed by atoms with Crippen LogP contribution in [0.4, 0.5) is 0 Å². The Morgan fingerprint density at radius 2 is 2.05 bits per heavy atom. The van der Waals surface area contributed by atoms with E-state index in [-0.39, 0.29) is 11.7 Å². The molecule has 0 fully saturated rings. The van der Waals surface area contributed by atoms with E-state index in [1.54, 1.807) is 12.1 Å². The fraction of sp³-hybridized carbons (Fsp3) is 0.176. The van der Waals surface area contributed by atoms with E-state index in [1.807, 2.05) is 30.3 Å². The van der Waals surface area contributed by atoms with Crippen LogP contribution in [0, 0.1) is 0 Å². The van der Waals surface area contributed by atoms with Crippen molar-refractivity contribution in [1.29, 1.82) is 0 Å². The number of phenolic OH excluding ortho intramolecular Hbond substituents is 1. The van der Waals surface area contributed by atoms with Crippen LogP contribution in [0.1, 0.15) is 17.5 Å². The van der Waals surface area contributed by atoms with Crippen LogP contribution in [0.3, 0.4) is 0 Å². The predicted molar refractivity (Wildman–Crippen MR) is 85.2 cm³/mol. The van der Waals surface area contributed by atoms with Crippen LogP contribution >= 0.6 is 0 Å². The third kappa shape index (κ3) is 4.63. The minimum atomic E-state index is -0.147. The summed E-state index contributed by atoms with van der Waals surface area (Å²) in [6, 6.07) is 14.6. The third-order valence-corrected chi connectivity index (χ3v) is 3.09. The Hall–Kier alpha value is -2.82. The number of amides is 1. The van der Waals surface area contributed by atoms with Crippen molar-refractivity contribution in [2.45, 2.75) is 12.8 Å². The largest absolute Gasteiger partial charge is 0.504 e. The standard InChI is InChI=1S/C17H18N2O3/c1-22-16-11-14(7-9-15(16)20)12-18-19-17(21)10-8-13-5-3-2-4-6-13/h2-7,9,11-12,20H,8,10H2,1H3,(H,19,21)/b18-12-. The van der Waals surface area contributed by atoms with Gasteiger partial charge in [0.25, 0.3) is 0 Å². The van der Waals surface area contributed by atoms with Gasteiger partial charge in [-0.15, -0.1) is 0 Å². The molecule has 0 aromatic heterocycles. The molecule has 2 aromatic carbocycles. The first-order chi connectivity index (χ1) is 10.7. The highest BCUT2D eigenvalue weighted by Crippen LogP contribution is 2.25. The molecule has 0 bridgehead atoms. The third-order valence-electron chi connectivity index (χ3n) is 3.09. The van der Waals surface area contributed by atoms with Crippen molar-refractivity contribution in [1.82, 2.24) is 5.43 Å². The van der Waals surface area contributed by atoms with Crippen molar-refractivity contribution in [2.75, 3.05) is 7.11 Å². The monoisotopic (exact) mass is 298 g/mol. The van der Waals surface area contributed by atoms with Gasteiger partial charge in [-0.1, -0.05) is 30.3 Å². The summed E-state index contributed by atoms with van der Waals surface area (Å²) in [5.74, 6) is 0.275. The lowest BCUT2D eigenvalue weighted by molar-refractivity contribution is -0.121. The predicted octanol–water partition coefficient (Wildman–Crippen LogP) is 2.48. The lowest BCUT2D eigenvalue weighted by Gasteiger charge is -2.03. The van der Waals surface area contributed by atoms with Crippen LogP contribution in [0.2, 0.25) is 0 Å². The number of carbonyl (C=O) groups is 1. The van der Waals surface area contributed by atoms with E-state index < -0.39 is 0 Å². The van der Waals surface area contributed by atoms with Gasteiger partial charge in [-0.2, -0.15) is 5.10 Å². The number of carbonyl (C=O) groups excluding carboxylic acids is 1. The molecule has 0 spiro atoms. The Labute approximate surface area is 129 Å². The fourth-order valence-electron chi connectivity index (χ4n) is 1.91. The Kier molecular flexibility index (Phi) is 5.54. The average molecular weight is 298 g/mol. The van der Waals surface area contributed by atoms with Crippen LogP contribution in [0.5, 0.6) is 11.5 Å². The Morgan fingerprint density at radius 3 is 2.77 bits per heavy atom. The minimum Gasteiger partial charge on any atom is -0.504 e. The molecule has 22 heavy (non-hydrogen) atoms. The molecule has 5 heteroatoms. The molecule has 0 saturated carbocycles. The summed E-state index contributed by atoms with van der Waals surface area (Å²) in [7, 11) is 1.47. The molecule has 2 N–H and O–H groups in total. The van der Waals surface area contributed by atoms with E-state index in [0.29, 0.717) is 18.6 Å². The summed E-state index contributed by atoms with van der Waals surface area (Å²) >= 11 is 0. The molecule has 0 radical (unpaired) electrons. The molecule has 0 unspecified atom stereocenters. The van der Waals surface area contributed by atoms with Crippen molar-refractivity contribution in [3.05, 3.63) is 59.7 Å². The number of nitrogens with one attached hydrogen (secondary N) is 1. The van der Waals surface area contributed by atoms with Gasteiger partial charge in [0.15, 0.2) is 11.5 Å². The van der Waals surface area contributed by atoms with Crippen LogP contribution < -0.4 is 10.2 Å². The number of rotatable bonds is 6. The second kappa shape index (κ2) is 7.83. The molecule has 1 amide bonds. The quantitative estimate of drug-likeness (QED) is 0.636. The summed E-state index contributed by atoms with van der Waals surface area (Å²) in [6.07, 6.45) is 2.55. The number of methoxy groups -OCH3 is 1. The summed E-state index contributed by atoms with van der Waals surface area (Å²) < 4.78 is 5.00. The van der Waals surface area contributed by atoms with E-state index in [9.17, 15) is 9.90 Å². The van der Waals surface area contributed by atoms with Crippen molar-refractivity contribution in [3.63, 3.8) is 0 Å². The highest BCUT2D eigenvalue weighted by Gasteiger charge is 2.02. The van der Waals surface area contributed by atoms with Crippen molar-refractivity contribution >= 4 is 12.1 Å². The first kappa shape index (κ1) is 15.6. The van der Waals surface area contributed by atoms with Gasteiger partial charge >= 0.3 is 0 Å². The number of benzene rings is 2. The minimum absolute atomic E-state index is 0.0616. The molecule has 5 nitrogen and oxygen atoms in total. The van der Waals surface area contributed by atoms with Crippen LogP contribution in [-0.4, -0.2) is 24.3 Å². The van der Waals surface area contributed by atoms with E-state index >= 15 is 0 Å². The van der Waals surface area contributed by atoms with Gasteiger partial charge in [0.05, 0.1) is 13.3 Å². The smallest absolute Gasteiger partial charge is 0.240 e. The summed E-state index contributed by atoms with van der Waals surface area (Å²) in [4.78, 5) is 11.7. The van der Waals surface area contributed by atoms with Crippen molar-refractivity contribution in [3.8, 4) is 11.5 Å². The molecule has 2 aromatic rings. The second-order valence-corrected chi connectivity index (χ2v) is 4.71. The van der Waals surface area contributed by atoms with Gasteiger partial charge in [-0.25, -0.2) is 5.43 Å². The molecule has 2 rings (SSSR count). The molecule has 0 saturated heterocycles. The number of hydrogen-bond acceptors (Lipinski definition) is 4. The first-order valence-electron chi connectivity index (χ1n) is 6.92. The van der Waals surface area contributed by atoms with Crippen molar-refractivity contribution in [2.24, 2.45) is 5.10 Å². The van der Waals surface area contributed by atoms with Gasteiger partial charge in [0.2, 0.25) is 5.91 Å². The number of phenols is 1. The van der Waals surface area contributed by atoms with E-state index in [0.717, 1.165) is 11.1 Å². The highest BCUT2D eigenvalue weighted by molar-refractivity contribution is 5.83. The summed E-state index contributed by atoms with van der Waals surface area (Å²) in [5, 5.41) is 13.4. The SMILES string of the molecule is COc1cc(/C=N\NC(=O)CCc2ccccc2)ccc1O. The Morgan fingerprint density at radius 1 is 1.27 bits per heavy atom. The molecular weight excluding hydrogens is 280 g/mol. The maximum Gasteiger partial charge on any atom is 0.240 e. The molecular formula is C17H18N2O3. The number of nitrogens with zero attached hydrogens (tertiary/aromatic N) is 1. The number of aromatic hydroxyl groups is 1. The number of hydrogen-bond donors (Lipinski definition) is 2. The zero-order valence-electron chi connectivity index (χ0n) is 12.3. The fourth-order valence-corrected chi connectivity index (χ4v) is 1.91. The molecule has 0 heterocycles. The van der Waals surface area contributed by atoms with Gasteiger partial charge in [-0.3, -0.25) is 4.79 Å². The molecule has 0 atom stereocenters. The van der Waals surface area contributed by atoms with E-state index in [4.69, 9.17) is 4.74 Å². The number of ether oxygens (including phenoxy) is 1. The zero-order chi connectivity index (χ0) is 15.8. The van der Waals surface area contributed by atoms with Gasteiger partial charge in [-0.05, 0) is 35.7 Å². The van der Waals surface area contributed by atoms with Crippen LogP contribution in [0.15, 0.2) is 53.6 Å². The van der Waals surface area contributed by atoms with Crippen LogP contribution in [0.25, 0.3) is 0 Å². The molecule has 114 valence electrons. The van der Waals surface area contributed by atoms with E-state index in [1.165, 1.54) is 19.4 Å². The first-order valence-corrected chi connectivity index (χ1v) is 6.92. The lowest BCUT2D eigenvalue weighted by atomic mass is 10.1. The van der Waals surface area contributed by atoms with Crippen LogP contribution in [-0.2, 0) is 11.2 Å². The number of aryl methyl sites for hydroxylation is 1. The van der Waals surface area contributed by atoms with E-state index in [2.05, 4.69) is 10.5 Å². The van der Waals surface area contributed by atoms with Crippen molar-refractivity contribution < 1.29 is 14.6 Å². The normalized spacial score (nSPS) is 10.6. The van der Waals surface area contributed by atoms with Gasteiger partial charge in [0, 0.05) is 6.42 Å². The highest BCUT2D eigenvalue weighted by atomic mass is 16.5. The van der Waals surface area contributed by atoms with Gasteiger partial charge < -0.3 is 9.84 Å². The number of hydrazone groups is 1. The Balaban J connectivity index is 1.83. The second-order valence-electron chi connectivity index (χ2n) is 4.71. The molecule has 0 aliphatic carbocycles. The molecule has 0 aliphatic heterocycles.